The van der Waals surface area contributed by atoms with Crippen LogP contribution in [0.1, 0.15) is 5.56 Å². The summed E-state index contributed by atoms with van der Waals surface area (Å²) in [6.45, 7) is 4.50. The summed E-state index contributed by atoms with van der Waals surface area (Å²) in [6.07, 6.45) is 3.44. The standard InChI is InChI=1S/C21H22ClN7O/c1-15-4-5-17(22)18(13-15)25-21(30)29-11-9-28(10-12-29)20-7-6-19(26-27-20)24-16-3-2-8-23-14-16/h2-8,13-14H,9-12H2,1H3,(H,24,26)(H,25,30). The van der Waals surface area contributed by atoms with Crippen molar-refractivity contribution in [3.05, 3.63) is 65.4 Å². The fourth-order valence-electron chi connectivity index (χ4n) is 3.21. The molecule has 30 heavy (non-hydrogen) atoms. The number of amides is 2. The SMILES string of the molecule is Cc1ccc(Cl)c(NC(=O)N2CCN(c3ccc(Nc4cccnc4)nn3)CC2)c1. The number of carbonyl (C=O) groups excluding carboxylic acids is 1. The third kappa shape index (κ3) is 4.77. The number of anilines is 4. The first-order chi connectivity index (χ1) is 14.6. The monoisotopic (exact) mass is 423 g/mol. The second-order valence-electron chi connectivity index (χ2n) is 7.03. The Balaban J connectivity index is 1.31. The molecule has 0 unspecified atom stereocenters. The second-order valence-corrected chi connectivity index (χ2v) is 7.44. The van der Waals surface area contributed by atoms with E-state index in [1.54, 1.807) is 23.4 Å². The zero-order valence-electron chi connectivity index (χ0n) is 16.5. The van der Waals surface area contributed by atoms with Crippen LogP contribution in [0.4, 0.5) is 27.8 Å². The van der Waals surface area contributed by atoms with Crippen LogP contribution < -0.4 is 15.5 Å². The maximum atomic E-state index is 12.6. The van der Waals surface area contributed by atoms with Gasteiger partial charge in [-0.05, 0) is 48.9 Å². The number of nitrogens with zero attached hydrogens (tertiary/aromatic N) is 5. The minimum atomic E-state index is -0.149. The topological polar surface area (TPSA) is 86.3 Å². The Morgan fingerprint density at radius 3 is 2.60 bits per heavy atom. The van der Waals surface area contributed by atoms with Crippen LogP contribution in [0.15, 0.2) is 54.9 Å². The first kappa shape index (κ1) is 19.9. The molecule has 154 valence electrons. The third-order valence-electron chi connectivity index (χ3n) is 4.84. The zero-order chi connectivity index (χ0) is 20.9. The van der Waals surface area contributed by atoms with Crippen LogP contribution in [0.5, 0.6) is 0 Å². The largest absolute Gasteiger partial charge is 0.352 e. The smallest absolute Gasteiger partial charge is 0.322 e. The highest BCUT2D eigenvalue weighted by Gasteiger charge is 2.22. The average Bonchev–Trinajstić information content (AvgIpc) is 2.78. The van der Waals surface area contributed by atoms with Crippen LogP contribution in [0, 0.1) is 6.92 Å². The number of urea groups is 1. The van der Waals surface area contributed by atoms with E-state index in [0.29, 0.717) is 42.7 Å². The maximum absolute atomic E-state index is 12.6. The van der Waals surface area contributed by atoms with E-state index in [2.05, 4.69) is 30.7 Å². The van der Waals surface area contributed by atoms with Gasteiger partial charge in [-0.25, -0.2) is 4.79 Å². The van der Waals surface area contributed by atoms with Crippen molar-refractivity contribution in [2.45, 2.75) is 6.92 Å². The van der Waals surface area contributed by atoms with Gasteiger partial charge in [-0.3, -0.25) is 4.98 Å². The lowest BCUT2D eigenvalue weighted by Crippen LogP contribution is -2.50. The zero-order valence-corrected chi connectivity index (χ0v) is 17.3. The quantitative estimate of drug-likeness (QED) is 0.661. The van der Waals surface area contributed by atoms with Crippen molar-refractivity contribution in [2.75, 3.05) is 41.7 Å². The van der Waals surface area contributed by atoms with Gasteiger partial charge in [0.2, 0.25) is 0 Å². The Labute approximate surface area is 179 Å². The Hall–Kier alpha value is -3.39. The molecular formula is C21H22ClN7O. The molecule has 4 rings (SSSR count). The molecule has 0 atom stereocenters. The summed E-state index contributed by atoms with van der Waals surface area (Å²) in [4.78, 5) is 20.5. The molecule has 9 heteroatoms. The van der Waals surface area contributed by atoms with Crippen molar-refractivity contribution in [1.29, 1.82) is 0 Å². The van der Waals surface area contributed by atoms with Gasteiger partial charge in [0, 0.05) is 32.4 Å². The van der Waals surface area contributed by atoms with Gasteiger partial charge in [-0.1, -0.05) is 17.7 Å². The highest BCUT2D eigenvalue weighted by molar-refractivity contribution is 6.33. The van der Waals surface area contributed by atoms with Gasteiger partial charge in [0.05, 0.1) is 22.6 Å². The lowest BCUT2D eigenvalue weighted by molar-refractivity contribution is 0.208. The predicted octanol–water partition coefficient (Wildman–Crippen LogP) is 3.93. The number of piperazine rings is 1. The van der Waals surface area contributed by atoms with Crippen LogP contribution in [0.2, 0.25) is 5.02 Å². The summed E-state index contributed by atoms with van der Waals surface area (Å²) in [5.41, 5.74) is 2.53. The number of hydrogen-bond donors (Lipinski definition) is 2. The molecule has 3 heterocycles. The molecule has 1 aromatic carbocycles. The Morgan fingerprint density at radius 2 is 1.90 bits per heavy atom. The average molecular weight is 424 g/mol. The van der Waals surface area contributed by atoms with Gasteiger partial charge in [-0.15, -0.1) is 10.2 Å². The predicted molar refractivity (Wildman–Crippen MR) is 119 cm³/mol. The van der Waals surface area contributed by atoms with E-state index in [9.17, 15) is 4.79 Å². The van der Waals surface area contributed by atoms with Gasteiger partial charge in [0.1, 0.15) is 0 Å². The molecule has 1 saturated heterocycles. The molecule has 0 saturated carbocycles. The van der Waals surface area contributed by atoms with Crippen LogP contribution in [-0.4, -0.2) is 52.3 Å². The molecule has 0 bridgehead atoms. The molecule has 3 aromatic rings. The van der Waals surface area contributed by atoms with Crippen LogP contribution >= 0.6 is 11.6 Å². The van der Waals surface area contributed by atoms with Crippen molar-refractivity contribution in [2.24, 2.45) is 0 Å². The van der Waals surface area contributed by atoms with E-state index in [4.69, 9.17) is 11.6 Å². The van der Waals surface area contributed by atoms with Crippen LogP contribution in [0.3, 0.4) is 0 Å². The summed E-state index contributed by atoms with van der Waals surface area (Å²) in [7, 11) is 0. The van der Waals surface area contributed by atoms with Crippen molar-refractivity contribution < 1.29 is 4.79 Å². The van der Waals surface area contributed by atoms with Crippen molar-refractivity contribution in [3.63, 3.8) is 0 Å². The van der Waals surface area contributed by atoms with E-state index in [1.165, 1.54) is 0 Å². The van der Waals surface area contributed by atoms with Gasteiger partial charge in [0.15, 0.2) is 11.6 Å². The van der Waals surface area contributed by atoms with E-state index in [-0.39, 0.29) is 6.03 Å². The molecule has 0 radical (unpaired) electrons. The van der Waals surface area contributed by atoms with E-state index >= 15 is 0 Å². The number of pyridine rings is 1. The molecule has 2 amide bonds. The summed E-state index contributed by atoms with van der Waals surface area (Å²) in [6, 6.07) is 13.0. The van der Waals surface area contributed by atoms with Gasteiger partial charge in [-0.2, -0.15) is 0 Å². The number of aromatic nitrogens is 3. The number of rotatable bonds is 4. The summed E-state index contributed by atoms with van der Waals surface area (Å²) in [5, 5.41) is 15.1. The highest BCUT2D eigenvalue weighted by atomic mass is 35.5. The fraction of sp³-hybridized carbons (Fsp3) is 0.238. The van der Waals surface area contributed by atoms with Crippen LogP contribution in [0.25, 0.3) is 0 Å². The Kier molecular flexibility index (Phi) is 5.94. The number of benzene rings is 1. The minimum absolute atomic E-state index is 0.149. The number of nitrogens with one attached hydrogen (secondary N) is 2. The highest BCUT2D eigenvalue weighted by Crippen LogP contribution is 2.23. The number of halogens is 1. The molecule has 0 spiro atoms. The lowest BCUT2D eigenvalue weighted by Gasteiger charge is -2.35. The minimum Gasteiger partial charge on any atom is -0.352 e. The first-order valence-electron chi connectivity index (χ1n) is 9.66. The van der Waals surface area contributed by atoms with Crippen molar-refractivity contribution >= 4 is 40.6 Å². The fourth-order valence-corrected chi connectivity index (χ4v) is 3.38. The van der Waals surface area contributed by atoms with Crippen molar-refractivity contribution in [3.8, 4) is 0 Å². The lowest BCUT2D eigenvalue weighted by atomic mass is 10.2. The molecule has 2 aromatic heterocycles. The molecule has 1 aliphatic rings. The van der Waals surface area contributed by atoms with E-state index in [0.717, 1.165) is 17.1 Å². The molecule has 1 fully saturated rings. The summed E-state index contributed by atoms with van der Waals surface area (Å²) in [5.74, 6) is 1.44. The summed E-state index contributed by atoms with van der Waals surface area (Å²) >= 11 is 6.18. The second kappa shape index (κ2) is 8.96. The van der Waals surface area contributed by atoms with Crippen LogP contribution in [-0.2, 0) is 0 Å². The normalized spacial score (nSPS) is 13.8. The van der Waals surface area contributed by atoms with Gasteiger partial charge < -0.3 is 20.4 Å². The number of hydrogen-bond acceptors (Lipinski definition) is 6. The Morgan fingerprint density at radius 1 is 1.07 bits per heavy atom. The van der Waals surface area contributed by atoms with Gasteiger partial charge in [0.25, 0.3) is 0 Å². The molecular weight excluding hydrogens is 402 g/mol. The molecule has 2 N–H and O–H groups in total. The Bertz CT molecular complexity index is 1010. The first-order valence-corrected chi connectivity index (χ1v) is 10.0. The molecule has 1 aliphatic heterocycles. The van der Waals surface area contributed by atoms with E-state index in [1.807, 2.05) is 43.3 Å². The molecule has 0 aliphatic carbocycles. The van der Waals surface area contributed by atoms with Crippen molar-refractivity contribution in [1.82, 2.24) is 20.1 Å². The number of aryl methyl sites for hydroxylation is 1. The van der Waals surface area contributed by atoms with E-state index < -0.39 is 0 Å². The van der Waals surface area contributed by atoms with Gasteiger partial charge >= 0.3 is 6.03 Å². The number of carbonyl (C=O) groups is 1. The third-order valence-corrected chi connectivity index (χ3v) is 5.17. The maximum Gasteiger partial charge on any atom is 0.322 e. The summed E-state index contributed by atoms with van der Waals surface area (Å²) < 4.78 is 0. The molecule has 8 nitrogen and oxygen atoms in total.